The zero-order valence-electron chi connectivity index (χ0n) is 6.92. The first-order valence-corrected chi connectivity index (χ1v) is 2.43. The maximum absolute atomic E-state index is 8.97. The number of nitrogens with zero attached hydrogens (tertiary/aromatic N) is 2. The van der Waals surface area contributed by atoms with Gasteiger partial charge in [0.15, 0.2) is 0 Å². The van der Waals surface area contributed by atoms with E-state index in [1.54, 1.807) is 6.07 Å². The molecular weight excluding hydrogens is 130 g/mol. The van der Waals surface area contributed by atoms with Crippen molar-refractivity contribution in [1.29, 1.82) is 5.26 Å². The molecule has 0 spiro atoms. The molecule has 0 saturated carbocycles. The van der Waals surface area contributed by atoms with Crippen LogP contribution in [-0.2, 0) is 0 Å². The lowest BCUT2D eigenvalue weighted by molar-refractivity contribution is 0.452. The Balaban J connectivity index is 3.54. The van der Waals surface area contributed by atoms with E-state index in [-0.39, 0.29) is 17.3 Å². The molecule has 0 amide bonds. The summed E-state index contributed by atoms with van der Waals surface area (Å²) < 4.78 is 14.3. The first-order valence-electron chi connectivity index (χ1n) is 3.43. The minimum Gasteiger partial charge on any atom is -0.492 e. The lowest BCUT2D eigenvalue weighted by Gasteiger charge is -1.93. The van der Waals surface area contributed by atoms with Crippen LogP contribution in [0.25, 0.3) is 0 Å². The molecule has 0 aliphatic rings. The van der Waals surface area contributed by atoms with Crippen molar-refractivity contribution in [3.63, 3.8) is 0 Å². The molecule has 0 atom stereocenters. The number of aromatic hydroxyl groups is 1. The highest BCUT2D eigenvalue weighted by molar-refractivity contribution is 5.47. The van der Waals surface area contributed by atoms with Crippen LogP contribution in [-0.4, -0.2) is 10.1 Å². The molecule has 0 aliphatic carbocycles. The summed E-state index contributed by atoms with van der Waals surface area (Å²) in [7, 11) is 0. The number of aromatic nitrogens is 1. The molecule has 50 valence electrons. The second-order valence-corrected chi connectivity index (χ2v) is 1.57. The topological polar surface area (TPSA) is 82.9 Å². The van der Waals surface area contributed by atoms with Crippen LogP contribution in [0.4, 0.5) is 5.69 Å². The Morgan fingerprint density at radius 1 is 1.90 bits per heavy atom. The fraction of sp³-hybridized carbons (Fsp3) is 0. The van der Waals surface area contributed by atoms with Crippen LogP contribution in [0.15, 0.2) is 12.2 Å². The van der Waals surface area contributed by atoms with Crippen molar-refractivity contribution < 1.29 is 7.85 Å². The summed E-state index contributed by atoms with van der Waals surface area (Å²) in [6, 6.07) is 1.22. The van der Waals surface area contributed by atoms with Gasteiger partial charge in [-0.05, 0) is 6.04 Å². The zero-order valence-corrected chi connectivity index (χ0v) is 4.92. The van der Waals surface area contributed by atoms with Crippen molar-refractivity contribution >= 4 is 5.69 Å². The van der Waals surface area contributed by atoms with E-state index >= 15 is 0 Å². The summed E-state index contributed by atoms with van der Waals surface area (Å²) in [5.74, 6) is -0.623. The van der Waals surface area contributed by atoms with Crippen molar-refractivity contribution in [2.24, 2.45) is 0 Å². The molecule has 1 rings (SSSR count). The molecule has 0 saturated heterocycles. The third-order valence-corrected chi connectivity index (χ3v) is 0.877. The van der Waals surface area contributed by atoms with Crippen LogP contribution in [0.2, 0.25) is 0 Å². The molecule has 0 aliphatic heterocycles. The molecule has 0 fully saturated rings. The van der Waals surface area contributed by atoms with Crippen LogP contribution in [0, 0.1) is 11.3 Å². The average molecular weight is 137 g/mol. The Hall–Kier alpha value is -1.76. The van der Waals surface area contributed by atoms with Gasteiger partial charge in [0, 0.05) is 0 Å². The molecule has 4 heteroatoms. The number of nitrogens with two attached hydrogens (primary N) is 1. The van der Waals surface area contributed by atoms with E-state index in [1.807, 2.05) is 0 Å². The number of pyridine rings is 1. The van der Waals surface area contributed by atoms with E-state index in [9.17, 15) is 0 Å². The molecule has 3 N–H and O–H groups in total. The van der Waals surface area contributed by atoms with Gasteiger partial charge in [-0.1, -0.05) is 0 Å². The number of nitriles is 1. The van der Waals surface area contributed by atoms with Gasteiger partial charge < -0.3 is 10.8 Å². The quantitative estimate of drug-likeness (QED) is 0.536. The summed E-state index contributed by atoms with van der Waals surface area (Å²) in [5, 5.41) is 17.4. The third-order valence-electron chi connectivity index (χ3n) is 0.877. The van der Waals surface area contributed by atoms with Crippen molar-refractivity contribution in [2.45, 2.75) is 0 Å². The molecule has 1 aromatic heterocycles. The van der Waals surface area contributed by atoms with Gasteiger partial charge in [-0.2, -0.15) is 5.26 Å². The van der Waals surface area contributed by atoms with E-state index < -0.39 is 12.1 Å². The summed E-state index contributed by atoms with van der Waals surface area (Å²) >= 11 is 0. The molecule has 1 aromatic rings. The van der Waals surface area contributed by atoms with E-state index in [1.165, 1.54) is 0 Å². The molecule has 0 radical (unpaired) electrons. The summed E-state index contributed by atoms with van der Waals surface area (Å²) in [6.07, 6.45) is -0.392. The molecule has 4 nitrogen and oxygen atoms in total. The van der Waals surface area contributed by atoms with Crippen molar-refractivity contribution in [1.82, 2.24) is 4.98 Å². The molecule has 0 aromatic carbocycles. The lowest BCUT2D eigenvalue weighted by Crippen LogP contribution is -1.88. The number of rotatable bonds is 0. The summed E-state index contributed by atoms with van der Waals surface area (Å²) in [6.45, 7) is 0. The predicted molar refractivity (Wildman–Crippen MR) is 35.0 cm³/mol. The second kappa shape index (κ2) is 2.23. The van der Waals surface area contributed by atoms with Gasteiger partial charge in [0.2, 0.25) is 5.88 Å². The Labute approximate surface area is 60.4 Å². The SMILES string of the molecule is [2H]c1nc(O)c(C#N)c([2H])c1N. The zero-order chi connectivity index (χ0) is 9.30. The monoisotopic (exact) mass is 137 g/mol. The van der Waals surface area contributed by atoms with Gasteiger partial charge in [0.05, 0.1) is 14.6 Å². The van der Waals surface area contributed by atoms with E-state index in [2.05, 4.69) is 4.98 Å². The van der Waals surface area contributed by atoms with Gasteiger partial charge in [-0.25, -0.2) is 4.98 Å². The first kappa shape index (κ1) is 4.12. The van der Waals surface area contributed by atoms with Crippen LogP contribution < -0.4 is 5.73 Å². The molecular formula is C6H5N3O. The van der Waals surface area contributed by atoms with E-state index in [4.69, 9.17) is 18.8 Å². The molecule has 1 heterocycles. The van der Waals surface area contributed by atoms with Gasteiger partial charge in [-0.15, -0.1) is 0 Å². The van der Waals surface area contributed by atoms with Crippen LogP contribution in [0.5, 0.6) is 5.88 Å². The second-order valence-electron chi connectivity index (χ2n) is 1.57. The first-order chi connectivity index (χ1) is 5.57. The number of nitrogen functional groups attached to an aromatic ring is 1. The Morgan fingerprint density at radius 2 is 2.60 bits per heavy atom. The highest BCUT2D eigenvalue weighted by atomic mass is 16.3. The molecule has 0 bridgehead atoms. The largest absolute Gasteiger partial charge is 0.492 e. The highest BCUT2D eigenvalue weighted by Crippen LogP contribution is 2.13. The number of hydrogen-bond donors (Lipinski definition) is 2. The maximum atomic E-state index is 8.97. The normalized spacial score (nSPS) is 11.5. The van der Waals surface area contributed by atoms with Crippen molar-refractivity contribution in [3.8, 4) is 11.9 Å². The van der Waals surface area contributed by atoms with Gasteiger partial charge >= 0.3 is 0 Å². The minimum absolute atomic E-state index is 0.204. The average Bonchev–Trinajstić information content (AvgIpc) is 2.01. The number of anilines is 1. The summed E-state index contributed by atoms with van der Waals surface area (Å²) in [4.78, 5) is 3.26. The van der Waals surface area contributed by atoms with Gasteiger partial charge in [0.1, 0.15) is 11.6 Å². The lowest BCUT2D eigenvalue weighted by atomic mass is 10.3. The maximum Gasteiger partial charge on any atom is 0.229 e. The van der Waals surface area contributed by atoms with Gasteiger partial charge in [-0.3, -0.25) is 0 Å². The Bertz CT molecular complexity index is 372. The standard InChI is InChI=1S/C6H5N3O/c7-2-4-1-5(8)3-9-6(4)10/h1,3H,8H2,(H,9,10)/i1D,3D. The Morgan fingerprint density at radius 3 is 3.20 bits per heavy atom. The van der Waals surface area contributed by atoms with Gasteiger partial charge in [0.25, 0.3) is 0 Å². The van der Waals surface area contributed by atoms with Crippen LogP contribution in [0.1, 0.15) is 8.30 Å². The Kier molecular flexibility index (Phi) is 0.919. The van der Waals surface area contributed by atoms with Crippen molar-refractivity contribution in [2.75, 3.05) is 5.73 Å². The highest BCUT2D eigenvalue weighted by Gasteiger charge is 1.99. The van der Waals surface area contributed by atoms with E-state index in [0.717, 1.165) is 0 Å². The predicted octanol–water partition coefficient (Wildman–Crippen LogP) is 0.241. The molecule has 0 unspecified atom stereocenters. The van der Waals surface area contributed by atoms with Crippen LogP contribution >= 0.6 is 0 Å². The summed E-state index contributed by atoms with van der Waals surface area (Å²) in [5.41, 5.74) is 4.72. The van der Waals surface area contributed by atoms with Crippen molar-refractivity contribution in [3.05, 3.63) is 17.8 Å². The van der Waals surface area contributed by atoms with Crippen LogP contribution in [0.3, 0.4) is 0 Å². The smallest absolute Gasteiger partial charge is 0.229 e. The fourth-order valence-corrected chi connectivity index (χ4v) is 0.466. The number of hydrogen-bond acceptors (Lipinski definition) is 4. The minimum atomic E-state index is -0.623. The van der Waals surface area contributed by atoms with E-state index in [0.29, 0.717) is 0 Å². The third kappa shape index (κ3) is 0.977. The molecule has 10 heavy (non-hydrogen) atoms. The fourth-order valence-electron chi connectivity index (χ4n) is 0.466.